The Morgan fingerprint density at radius 3 is 2.42 bits per heavy atom. The van der Waals surface area contributed by atoms with Gasteiger partial charge in [0.05, 0.1) is 0 Å². The molecule has 0 aliphatic rings. The molecule has 0 spiro atoms. The summed E-state index contributed by atoms with van der Waals surface area (Å²) in [4.78, 5) is 37.4. The molecule has 0 unspecified atom stereocenters. The lowest BCUT2D eigenvalue weighted by Crippen LogP contribution is -2.46. The number of ether oxygens (including phenoxy) is 2. The number of nitrogens with one attached hydrogen (secondary N) is 1. The first-order valence-corrected chi connectivity index (χ1v) is 10.9. The second-order valence-electron chi connectivity index (χ2n) is 8.87. The van der Waals surface area contributed by atoms with E-state index in [0.717, 1.165) is 22.1 Å². The number of alkyl carbamates (subject to hydrolysis) is 1. The van der Waals surface area contributed by atoms with Gasteiger partial charge in [-0.05, 0) is 56.9 Å². The predicted octanol–water partition coefficient (Wildman–Crippen LogP) is 4.71. The van der Waals surface area contributed by atoms with Crippen molar-refractivity contribution in [2.45, 2.75) is 59.1 Å². The minimum absolute atomic E-state index is 0.224. The molecule has 33 heavy (non-hydrogen) atoms. The summed E-state index contributed by atoms with van der Waals surface area (Å²) in [6, 6.07) is 13.2. The predicted molar refractivity (Wildman–Crippen MR) is 126 cm³/mol. The van der Waals surface area contributed by atoms with E-state index in [1.54, 1.807) is 26.8 Å². The molecular formula is C26H29NO6. The molecule has 174 valence electrons. The molecule has 0 saturated carbocycles. The van der Waals surface area contributed by atoms with Gasteiger partial charge in [-0.1, -0.05) is 37.3 Å². The topological polar surface area (TPSA) is 94.8 Å². The Labute approximate surface area is 192 Å². The summed E-state index contributed by atoms with van der Waals surface area (Å²) in [7, 11) is 0. The highest BCUT2D eigenvalue weighted by Crippen LogP contribution is 2.28. The van der Waals surface area contributed by atoms with Crippen LogP contribution in [0.1, 0.15) is 44.4 Å². The molecular weight excluding hydrogens is 422 g/mol. The van der Waals surface area contributed by atoms with Crippen molar-refractivity contribution in [3.05, 3.63) is 75.6 Å². The quantitative estimate of drug-likeness (QED) is 0.331. The molecule has 7 heteroatoms. The van der Waals surface area contributed by atoms with E-state index in [-0.39, 0.29) is 12.2 Å². The van der Waals surface area contributed by atoms with E-state index in [4.69, 9.17) is 13.9 Å². The minimum atomic E-state index is -0.979. The van der Waals surface area contributed by atoms with Crippen LogP contribution in [0, 0.1) is 6.92 Å². The third-order valence-electron chi connectivity index (χ3n) is 4.98. The number of benzene rings is 2. The van der Waals surface area contributed by atoms with Crippen LogP contribution in [-0.2, 0) is 22.4 Å². The third-order valence-corrected chi connectivity index (χ3v) is 4.98. The normalized spacial score (nSPS) is 12.3. The summed E-state index contributed by atoms with van der Waals surface area (Å²) in [6.45, 7) is 9.00. The fourth-order valence-corrected chi connectivity index (χ4v) is 3.43. The molecule has 3 aromatic rings. The van der Waals surface area contributed by atoms with E-state index in [1.165, 1.54) is 6.07 Å². The number of hydrogen-bond acceptors (Lipinski definition) is 6. The lowest BCUT2D eigenvalue weighted by Gasteiger charge is -2.23. The number of esters is 1. The molecule has 0 saturated heterocycles. The monoisotopic (exact) mass is 451 g/mol. The van der Waals surface area contributed by atoms with E-state index in [9.17, 15) is 14.4 Å². The van der Waals surface area contributed by atoms with Gasteiger partial charge in [-0.25, -0.2) is 14.4 Å². The molecule has 0 aliphatic heterocycles. The van der Waals surface area contributed by atoms with E-state index < -0.39 is 29.3 Å². The van der Waals surface area contributed by atoms with Crippen LogP contribution in [-0.4, -0.2) is 23.7 Å². The summed E-state index contributed by atoms with van der Waals surface area (Å²) >= 11 is 0. The van der Waals surface area contributed by atoms with Crippen molar-refractivity contribution >= 4 is 23.0 Å². The Kier molecular flexibility index (Phi) is 7.21. The Hall–Kier alpha value is -3.61. The van der Waals surface area contributed by atoms with Crippen LogP contribution in [0.25, 0.3) is 11.0 Å². The summed E-state index contributed by atoms with van der Waals surface area (Å²) in [5, 5.41) is 3.40. The average molecular weight is 452 g/mol. The van der Waals surface area contributed by atoms with Gasteiger partial charge < -0.3 is 19.2 Å². The molecule has 0 bridgehead atoms. The van der Waals surface area contributed by atoms with Gasteiger partial charge in [-0.15, -0.1) is 0 Å². The zero-order valence-electron chi connectivity index (χ0n) is 19.6. The van der Waals surface area contributed by atoms with Crippen molar-refractivity contribution in [3.63, 3.8) is 0 Å². The molecule has 1 amide bonds. The van der Waals surface area contributed by atoms with Crippen LogP contribution in [0.2, 0.25) is 0 Å². The zero-order valence-corrected chi connectivity index (χ0v) is 19.6. The maximum atomic E-state index is 13.2. The highest BCUT2D eigenvalue weighted by Gasteiger charge is 2.27. The third kappa shape index (κ3) is 6.44. The molecule has 3 rings (SSSR count). The maximum Gasteiger partial charge on any atom is 0.408 e. The van der Waals surface area contributed by atoms with Crippen molar-refractivity contribution in [3.8, 4) is 5.75 Å². The van der Waals surface area contributed by atoms with Gasteiger partial charge in [0.25, 0.3) is 0 Å². The second-order valence-corrected chi connectivity index (χ2v) is 8.87. The van der Waals surface area contributed by atoms with Crippen LogP contribution >= 0.6 is 0 Å². The van der Waals surface area contributed by atoms with Gasteiger partial charge >= 0.3 is 17.7 Å². The van der Waals surface area contributed by atoms with Crippen molar-refractivity contribution < 1.29 is 23.5 Å². The lowest BCUT2D eigenvalue weighted by molar-refractivity contribution is -0.136. The van der Waals surface area contributed by atoms with Crippen LogP contribution < -0.4 is 15.7 Å². The van der Waals surface area contributed by atoms with Crippen molar-refractivity contribution in [2.75, 3.05) is 0 Å². The fraction of sp³-hybridized carbons (Fsp3) is 0.346. The largest absolute Gasteiger partial charge is 0.444 e. The first kappa shape index (κ1) is 24.0. The van der Waals surface area contributed by atoms with Crippen LogP contribution in [0.3, 0.4) is 0 Å². The number of aryl methyl sites for hydroxylation is 2. The van der Waals surface area contributed by atoms with E-state index >= 15 is 0 Å². The number of amides is 1. The van der Waals surface area contributed by atoms with E-state index in [1.807, 2.05) is 50.2 Å². The van der Waals surface area contributed by atoms with Crippen molar-refractivity contribution in [2.24, 2.45) is 0 Å². The standard InChI is InChI=1S/C26H29NO6/c1-6-18-14-19-16(2)12-23(28)31-22(19)15-21(18)32-24(29)20(13-17-10-8-7-9-11-17)27-25(30)33-26(3,4)5/h7-12,14-15,20H,6,13H2,1-5H3,(H,27,30)/t20-/m1/s1. The van der Waals surface area contributed by atoms with Gasteiger partial charge in [0.1, 0.15) is 23.0 Å². The summed E-state index contributed by atoms with van der Waals surface area (Å²) in [5.41, 5.74) is 1.56. The lowest BCUT2D eigenvalue weighted by atomic mass is 10.0. The van der Waals surface area contributed by atoms with Crippen molar-refractivity contribution in [1.82, 2.24) is 5.32 Å². The fourth-order valence-electron chi connectivity index (χ4n) is 3.43. The maximum absolute atomic E-state index is 13.2. The molecule has 1 heterocycles. The SMILES string of the molecule is CCc1cc2c(C)cc(=O)oc2cc1OC(=O)[C@@H](Cc1ccccc1)NC(=O)OC(C)(C)C. The van der Waals surface area contributed by atoms with Crippen LogP contribution in [0.15, 0.2) is 57.7 Å². The number of rotatable bonds is 6. The van der Waals surface area contributed by atoms with Gasteiger partial charge in [-0.2, -0.15) is 0 Å². The smallest absolute Gasteiger partial charge is 0.408 e. The molecule has 7 nitrogen and oxygen atoms in total. The Morgan fingerprint density at radius 1 is 1.09 bits per heavy atom. The van der Waals surface area contributed by atoms with Crippen LogP contribution in [0.4, 0.5) is 4.79 Å². The number of carbonyl (C=O) groups excluding carboxylic acids is 2. The Balaban J connectivity index is 1.91. The van der Waals surface area contributed by atoms with Gasteiger partial charge in [0, 0.05) is 23.9 Å². The number of hydrogen-bond donors (Lipinski definition) is 1. The first-order chi connectivity index (χ1) is 15.6. The van der Waals surface area contributed by atoms with E-state index in [2.05, 4.69) is 5.32 Å². The van der Waals surface area contributed by atoms with Crippen molar-refractivity contribution in [1.29, 1.82) is 0 Å². The minimum Gasteiger partial charge on any atom is -0.444 e. The van der Waals surface area contributed by atoms with Gasteiger partial charge in [0.15, 0.2) is 0 Å². The molecule has 1 N–H and O–H groups in total. The zero-order chi connectivity index (χ0) is 24.2. The highest BCUT2D eigenvalue weighted by molar-refractivity contribution is 5.86. The molecule has 2 aromatic carbocycles. The second kappa shape index (κ2) is 9.90. The molecule has 1 atom stereocenters. The first-order valence-electron chi connectivity index (χ1n) is 10.9. The van der Waals surface area contributed by atoms with E-state index in [0.29, 0.717) is 12.0 Å². The Morgan fingerprint density at radius 2 is 1.79 bits per heavy atom. The highest BCUT2D eigenvalue weighted by atomic mass is 16.6. The molecule has 0 aliphatic carbocycles. The van der Waals surface area contributed by atoms with Gasteiger partial charge in [0.2, 0.25) is 0 Å². The number of fused-ring (bicyclic) bond motifs is 1. The summed E-state index contributed by atoms with van der Waals surface area (Å²) in [5.74, 6) is -0.360. The summed E-state index contributed by atoms with van der Waals surface area (Å²) in [6.07, 6.45) is 0.110. The summed E-state index contributed by atoms with van der Waals surface area (Å²) < 4.78 is 16.3. The average Bonchev–Trinajstić information content (AvgIpc) is 2.72. The van der Waals surface area contributed by atoms with Gasteiger partial charge in [-0.3, -0.25) is 0 Å². The number of carbonyl (C=O) groups is 2. The van der Waals surface area contributed by atoms with Crippen LogP contribution in [0.5, 0.6) is 5.75 Å². The molecule has 1 aromatic heterocycles. The Bertz CT molecular complexity index is 1210. The molecule has 0 radical (unpaired) electrons. The molecule has 0 fully saturated rings.